The number of hydrogen-bond donors (Lipinski definition) is 0. The Morgan fingerprint density at radius 3 is 2.86 bits per heavy atom. The first-order valence-corrected chi connectivity index (χ1v) is 10.3. The van der Waals surface area contributed by atoms with Crippen LogP contribution in [0.5, 0.6) is 0 Å². The van der Waals surface area contributed by atoms with Gasteiger partial charge in [-0.3, -0.25) is 9.58 Å². The summed E-state index contributed by atoms with van der Waals surface area (Å²) in [6.07, 6.45) is 8.15. The van der Waals surface area contributed by atoms with E-state index in [0.29, 0.717) is 6.61 Å². The number of aromatic nitrogens is 2. The van der Waals surface area contributed by atoms with Crippen molar-refractivity contribution in [2.75, 3.05) is 0 Å². The minimum Gasteiger partial charge on any atom is -0.445 e. The molecule has 2 aliphatic rings. The summed E-state index contributed by atoms with van der Waals surface area (Å²) >= 11 is 0. The Hall–Kier alpha value is -3.08. The number of carbonyl (C=O) groups excluding carboxylic acids is 1. The molecule has 2 atom stereocenters. The van der Waals surface area contributed by atoms with Crippen LogP contribution in [0.3, 0.4) is 0 Å². The lowest BCUT2D eigenvalue weighted by Gasteiger charge is -2.44. The Morgan fingerprint density at radius 1 is 1.17 bits per heavy atom. The lowest BCUT2D eigenvalue weighted by Crippen LogP contribution is -2.51. The molecular weight excluding hydrogens is 362 g/mol. The Bertz CT molecular complexity index is 1070. The first-order valence-electron chi connectivity index (χ1n) is 10.3. The topological polar surface area (TPSA) is 47.4 Å². The molecule has 2 unspecified atom stereocenters. The van der Waals surface area contributed by atoms with Crippen LogP contribution < -0.4 is 0 Å². The van der Waals surface area contributed by atoms with Crippen molar-refractivity contribution >= 4 is 22.6 Å². The predicted octanol–water partition coefficient (Wildman–Crippen LogP) is 4.92. The summed E-state index contributed by atoms with van der Waals surface area (Å²) in [5, 5.41) is 5.69. The maximum absolute atomic E-state index is 12.9. The average molecular weight is 387 g/mol. The summed E-state index contributed by atoms with van der Waals surface area (Å²) in [6.45, 7) is 0.322. The van der Waals surface area contributed by atoms with Crippen molar-refractivity contribution in [3.05, 3.63) is 71.9 Å². The van der Waals surface area contributed by atoms with Gasteiger partial charge in [0.2, 0.25) is 0 Å². The molecule has 2 bridgehead atoms. The molecule has 3 heterocycles. The van der Waals surface area contributed by atoms with Gasteiger partial charge in [0.1, 0.15) is 6.61 Å². The third-order valence-electron chi connectivity index (χ3n) is 6.05. The number of aryl methyl sites for hydroxylation is 1. The summed E-state index contributed by atoms with van der Waals surface area (Å²) in [6, 6.07) is 16.7. The number of carbonyl (C=O) groups is 1. The molecule has 0 aliphatic carbocycles. The highest BCUT2D eigenvalue weighted by molar-refractivity contribution is 5.84. The number of amides is 1. The molecule has 0 radical (unpaired) electrons. The van der Waals surface area contributed by atoms with E-state index in [0.717, 1.165) is 42.1 Å². The predicted molar refractivity (Wildman–Crippen MR) is 113 cm³/mol. The fraction of sp³-hybridized carbons (Fsp3) is 0.333. The third-order valence-corrected chi connectivity index (χ3v) is 6.05. The third kappa shape index (κ3) is 3.53. The molecule has 0 N–H and O–H groups in total. The molecule has 1 amide bonds. The van der Waals surface area contributed by atoms with E-state index in [4.69, 9.17) is 4.74 Å². The largest absolute Gasteiger partial charge is 0.445 e. The molecule has 1 saturated heterocycles. The molecule has 1 aromatic heterocycles. The summed E-state index contributed by atoms with van der Waals surface area (Å²) < 4.78 is 7.50. The molecule has 0 saturated carbocycles. The summed E-state index contributed by atoms with van der Waals surface area (Å²) in [7, 11) is 1.95. The van der Waals surface area contributed by atoms with Crippen LogP contribution in [0.1, 0.15) is 36.8 Å². The van der Waals surface area contributed by atoms with Crippen molar-refractivity contribution in [1.29, 1.82) is 0 Å². The first kappa shape index (κ1) is 18.0. The maximum Gasteiger partial charge on any atom is 0.410 e. The van der Waals surface area contributed by atoms with Crippen molar-refractivity contribution in [3.63, 3.8) is 0 Å². The van der Waals surface area contributed by atoms with Crippen LogP contribution in [0.4, 0.5) is 4.79 Å². The fourth-order valence-electron chi connectivity index (χ4n) is 4.66. The second kappa shape index (κ2) is 7.39. The second-order valence-corrected chi connectivity index (χ2v) is 8.07. The zero-order valence-corrected chi connectivity index (χ0v) is 16.6. The molecule has 0 spiro atoms. The van der Waals surface area contributed by atoms with Gasteiger partial charge in [0.15, 0.2) is 0 Å². The van der Waals surface area contributed by atoms with Gasteiger partial charge in [-0.2, -0.15) is 5.10 Å². The van der Waals surface area contributed by atoms with E-state index in [1.54, 1.807) is 0 Å². The molecule has 1 fully saturated rings. The quantitative estimate of drug-likeness (QED) is 0.641. The van der Waals surface area contributed by atoms with Gasteiger partial charge < -0.3 is 4.74 Å². The Morgan fingerprint density at radius 2 is 2.03 bits per heavy atom. The van der Waals surface area contributed by atoms with E-state index in [2.05, 4.69) is 29.4 Å². The standard InChI is InChI=1S/C24H25N3O2/c1-26-15-19-11-10-18(14-23(19)25-26)20-12-21-8-5-9-22(13-20)27(21)24(28)29-16-17-6-3-2-4-7-17/h2-4,6-7,10-12,14-15,21-22H,5,8-9,13,16H2,1H3. The Labute approximate surface area is 170 Å². The van der Waals surface area contributed by atoms with Crippen molar-refractivity contribution in [2.24, 2.45) is 7.05 Å². The lowest BCUT2D eigenvalue weighted by atomic mass is 9.83. The average Bonchev–Trinajstić information content (AvgIpc) is 3.11. The summed E-state index contributed by atoms with van der Waals surface area (Å²) in [5.74, 6) is 0. The Balaban J connectivity index is 1.36. The summed E-state index contributed by atoms with van der Waals surface area (Å²) in [5.41, 5.74) is 4.56. The SMILES string of the molecule is Cn1cc2ccc(C3=CC4CCCC(C3)N4C(=O)OCc3ccccc3)cc2n1. The molecule has 5 rings (SSSR count). The zero-order valence-electron chi connectivity index (χ0n) is 16.6. The molecule has 2 aromatic carbocycles. The highest BCUT2D eigenvalue weighted by Crippen LogP contribution is 2.38. The number of rotatable bonds is 3. The van der Waals surface area contributed by atoms with Crippen LogP contribution in [0.25, 0.3) is 16.5 Å². The normalized spacial score (nSPS) is 21.1. The Kier molecular flexibility index (Phi) is 4.58. The number of ether oxygens (including phenoxy) is 1. The summed E-state index contributed by atoms with van der Waals surface area (Å²) in [4.78, 5) is 14.8. The van der Waals surface area contributed by atoms with Gasteiger partial charge in [0.05, 0.1) is 11.6 Å². The van der Waals surface area contributed by atoms with Gasteiger partial charge >= 0.3 is 6.09 Å². The van der Waals surface area contributed by atoms with E-state index < -0.39 is 0 Å². The van der Waals surface area contributed by atoms with Gasteiger partial charge in [-0.25, -0.2) is 4.79 Å². The van der Waals surface area contributed by atoms with Crippen molar-refractivity contribution < 1.29 is 9.53 Å². The molecule has 5 nitrogen and oxygen atoms in total. The number of fused-ring (bicyclic) bond motifs is 3. The van der Waals surface area contributed by atoms with Gasteiger partial charge in [0, 0.05) is 24.7 Å². The van der Waals surface area contributed by atoms with Crippen LogP contribution >= 0.6 is 0 Å². The van der Waals surface area contributed by atoms with E-state index in [-0.39, 0.29) is 18.2 Å². The van der Waals surface area contributed by atoms with Crippen LogP contribution in [-0.4, -0.2) is 32.9 Å². The smallest absolute Gasteiger partial charge is 0.410 e. The molecule has 2 aliphatic heterocycles. The highest BCUT2D eigenvalue weighted by atomic mass is 16.6. The second-order valence-electron chi connectivity index (χ2n) is 8.07. The van der Waals surface area contributed by atoms with Crippen molar-refractivity contribution in [1.82, 2.24) is 14.7 Å². The van der Waals surface area contributed by atoms with Crippen LogP contribution in [0.15, 0.2) is 60.8 Å². The monoisotopic (exact) mass is 387 g/mol. The molecule has 3 aromatic rings. The molecule has 5 heteroatoms. The van der Waals surface area contributed by atoms with Gasteiger partial charge in [-0.1, -0.05) is 48.5 Å². The molecule has 148 valence electrons. The number of nitrogens with zero attached hydrogens (tertiary/aromatic N) is 3. The molecular formula is C24H25N3O2. The van der Waals surface area contributed by atoms with E-state index in [1.165, 1.54) is 11.1 Å². The van der Waals surface area contributed by atoms with E-state index in [9.17, 15) is 4.79 Å². The molecule has 29 heavy (non-hydrogen) atoms. The van der Waals surface area contributed by atoms with Gasteiger partial charge in [-0.15, -0.1) is 0 Å². The van der Waals surface area contributed by atoms with Gasteiger partial charge in [0.25, 0.3) is 0 Å². The minimum atomic E-state index is -0.195. The minimum absolute atomic E-state index is 0.111. The number of hydrogen-bond acceptors (Lipinski definition) is 3. The maximum atomic E-state index is 12.9. The first-order chi connectivity index (χ1) is 14.2. The van der Waals surface area contributed by atoms with Crippen LogP contribution in [-0.2, 0) is 18.4 Å². The zero-order chi connectivity index (χ0) is 19.8. The van der Waals surface area contributed by atoms with Crippen LogP contribution in [0.2, 0.25) is 0 Å². The van der Waals surface area contributed by atoms with Crippen molar-refractivity contribution in [3.8, 4) is 0 Å². The van der Waals surface area contributed by atoms with Crippen LogP contribution in [0, 0.1) is 0 Å². The fourth-order valence-corrected chi connectivity index (χ4v) is 4.66. The van der Waals surface area contributed by atoms with Crippen molar-refractivity contribution in [2.45, 2.75) is 44.4 Å². The number of piperidine rings is 1. The van der Waals surface area contributed by atoms with E-state index >= 15 is 0 Å². The lowest BCUT2D eigenvalue weighted by molar-refractivity contribution is 0.0510. The highest BCUT2D eigenvalue weighted by Gasteiger charge is 2.38. The van der Waals surface area contributed by atoms with Gasteiger partial charge in [-0.05, 0) is 48.4 Å². The number of benzene rings is 2. The van der Waals surface area contributed by atoms with E-state index in [1.807, 2.05) is 53.2 Å².